The lowest BCUT2D eigenvalue weighted by Gasteiger charge is -2.21. The molecule has 0 spiro atoms. The molecule has 1 saturated carbocycles. The van der Waals surface area contributed by atoms with Gasteiger partial charge in [-0.05, 0) is 32.6 Å². The first-order chi connectivity index (χ1) is 7.12. The molecule has 0 heterocycles. The number of rotatable bonds is 3. The smallest absolute Gasteiger partial charge is 0.407 e. The van der Waals surface area contributed by atoms with Crippen LogP contribution in [0.3, 0.4) is 0 Å². The van der Waals surface area contributed by atoms with E-state index in [0.29, 0.717) is 6.54 Å². The monoisotopic (exact) mass is 227 g/mol. The predicted molar refractivity (Wildman–Crippen MR) is 61.1 cm³/mol. The number of alkyl carbamates (subject to hydrolysis) is 1. The molecule has 1 rings (SSSR count). The molecule has 16 heavy (non-hydrogen) atoms. The second-order valence-corrected chi connectivity index (χ2v) is 6.19. The summed E-state index contributed by atoms with van der Waals surface area (Å²) in [5, 5.41) is 2.66. The van der Waals surface area contributed by atoms with Gasteiger partial charge in [-0.2, -0.15) is 0 Å². The highest BCUT2D eigenvalue weighted by atomic mass is 16.6. The Labute approximate surface area is 96.7 Å². The second-order valence-electron chi connectivity index (χ2n) is 6.19. The van der Waals surface area contributed by atoms with Gasteiger partial charge < -0.3 is 14.8 Å². The lowest BCUT2D eigenvalue weighted by atomic mass is 9.98. The van der Waals surface area contributed by atoms with Crippen LogP contribution < -0.4 is 5.32 Å². The van der Waals surface area contributed by atoms with Gasteiger partial charge in [0.15, 0.2) is 0 Å². The first-order valence-corrected chi connectivity index (χ1v) is 5.55. The Morgan fingerprint density at radius 1 is 1.44 bits per heavy atom. The van der Waals surface area contributed by atoms with Crippen LogP contribution in [0.2, 0.25) is 0 Å². The molecule has 0 aliphatic heterocycles. The number of nitrogens with one attached hydrogen (secondary N) is 1. The van der Waals surface area contributed by atoms with Crippen molar-refractivity contribution in [3.05, 3.63) is 0 Å². The van der Waals surface area contributed by atoms with E-state index in [9.17, 15) is 9.59 Å². The summed E-state index contributed by atoms with van der Waals surface area (Å²) < 4.78 is 5.11. The number of carbonyl (C=O) groups is 2. The molecule has 1 N–H and O–H groups in total. The van der Waals surface area contributed by atoms with Crippen molar-refractivity contribution in [1.82, 2.24) is 5.32 Å². The summed E-state index contributed by atoms with van der Waals surface area (Å²) in [6, 6.07) is 0. The minimum absolute atomic E-state index is 0.0102. The molecule has 0 radical (unpaired) electrons. The maximum Gasteiger partial charge on any atom is 0.407 e. The Kier molecular flexibility index (Phi) is 3.05. The molecule has 0 saturated heterocycles. The van der Waals surface area contributed by atoms with Gasteiger partial charge in [-0.1, -0.05) is 13.8 Å². The van der Waals surface area contributed by atoms with E-state index in [4.69, 9.17) is 4.74 Å². The van der Waals surface area contributed by atoms with Gasteiger partial charge in [0.1, 0.15) is 11.9 Å². The van der Waals surface area contributed by atoms with Crippen molar-refractivity contribution in [1.29, 1.82) is 0 Å². The molecule has 1 amide bonds. The molecule has 1 aliphatic rings. The van der Waals surface area contributed by atoms with E-state index in [1.165, 1.54) is 0 Å². The number of ether oxygens (including phenoxy) is 1. The molecule has 1 unspecified atom stereocenters. The lowest BCUT2D eigenvalue weighted by molar-refractivity contribution is -0.113. The molecule has 0 bridgehead atoms. The Hall–Kier alpha value is -1.06. The molecule has 4 nitrogen and oxygen atoms in total. The van der Waals surface area contributed by atoms with Crippen molar-refractivity contribution in [3.8, 4) is 0 Å². The van der Waals surface area contributed by atoms with Crippen LogP contribution in [0.1, 0.15) is 41.0 Å². The molecular weight excluding hydrogens is 206 g/mol. The van der Waals surface area contributed by atoms with Gasteiger partial charge in [0.2, 0.25) is 0 Å². The Morgan fingerprint density at radius 2 is 1.94 bits per heavy atom. The van der Waals surface area contributed by atoms with Crippen molar-refractivity contribution >= 4 is 12.4 Å². The lowest BCUT2D eigenvalue weighted by Crippen LogP contribution is -2.37. The molecular formula is C12H21NO3. The highest BCUT2D eigenvalue weighted by Crippen LogP contribution is 2.61. The summed E-state index contributed by atoms with van der Waals surface area (Å²) in [6.45, 7) is 9.84. The number of hydrogen-bond acceptors (Lipinski definition) is 3. The Bertz CT molecular complexity index is 304. The molecule has 1 fully saturated rings. The average molecular weight is 227 g/mol. The van der Waals surface area contributed by atoms with E-state index in [1.807, 2.05) is 34.6 Å². The third-order valence-electron chi connectivity index (χ3n) is 3.15. The topological polar surface area (TPSA) is 55.4 Å². The zero-order chi connectivity index (χ0) is 12.6. The fraction of sp³-hybridized carbons (Fsp3) is 0.833. The first-order valence-electron chi connectivity index (χ1n) is 5.55. The van der Waals surface area contributed by atoms with E-state index in [0.717, 1.165) is 12.7 Å². The highest BCUT2D eigenvalue weighted by molar-refractivity contribution is 5.71. The van der Waals surface area contributed by atoms with Crippen LogP contribution in [-0.2, 0) is 9.53 Å². The minimum Gasteiger partial charge on any atom is -0.444 e. The maximum atomic E-state index is 11.4. The largest absolute Gasteiger partial charge is 0.444 e. The van der Waals surface area contributed by atoms with Crippen LogP contribution in [0.25, 0.3) is 0 Å². The van der Waals surface area contributed by atoms with Crippen molar-refractivity contribution in [2.75, 3.05) is 6.54 Å². The standard InChI is InChI=1S/C12H21NO3/c1-10(2,3)16-9(15)13-7-12(8-14)6-11(12,4)5/h8H,6-7H2,1-5H3,(H,13,15). The van der Waals surface area contributed by atoms with E-state index < -0.39 is 17.1 Å². The SMILES string of the molecule is CC(C)(C)OC(=O)NCC1(C=O)CC1(C)C. The average Bonchev–Trinajstić information content (AvgIpc) is 2.63. The number of aldehydes is 1. The van der Waals surface area contributed by atoms with Crippen molar-refractivity contribution < 1.29 is 14.3 Å². The van der Waals surface area contributed by atoms with E-state index in [-0.39, 0.29) is 5.41 Å². The zero-order valence-corrected chi connectivity index (χ0v) is 10.7. The van der Waals surface area contributed by atoms with Crippen molar-refractivity contribution in [2.24, 2.45) is 10.8 Å². The molecule has 1 aliphatic carbocycles. The first kappa shape index (κ1) is 13.0. The molecule has 0 aromatic carbocycles. The number of amides is 1. The van der Waals surface area contributed by atoms with Crippen LogP contribution in [0.5, 0.6) is 0 Å². The van der Waals surface area contributed by atoms with Crippen LogP contribution >= 0.6 is 0 Å². The summed E-state index contributed by atoms with van der Waals surface area (Å²) in [7, 11) is 0. The quantitative estimate of drug-likeness (QED) is 0.751. The van der Waals surface area contributed by atoms with E-state index in [2.05, 4.69) is 5.32 Å². The maximum absolute atomic E-state index is 11.4. The summed E-state index contributed by atoms with van der Waals surface area (Å²) in [4.78, 5) is 22.4. The fourth-order valence-corrected chi connectivity index (χ4v) is 1.83. The van der Waals surface area contributed by atoms with Gasteiger partial charge in [-0.15, -0.1) is 0 Å². The highest BCUT2D eigenvalue weighted by Gasteiger charge is 2.61. The molecule has 0 aromatic heterocycles. The molecule has 1 atom stereocenters. The van der Waals surface area contributed by atoms with E-state index >= 15 is 0 Å². The normalized spacial score (nSPS) is 27.1. The number of carbonyl (C=O) groups excluding carboxylic acids is 2. The van der Waals surface area contributed by atoms with Gasteiger partial charge in [0, 0.05) is 12.0 Å². The molecule has 4 heteroatoms. The van der Waals surface area contributed by atoms with Crippen LogP contribution in [0.4, 0.5) is 4.79 Å². The van der Waals surface area contributed by atoms with Crippen molar-refractivity contribution in [3.63, 3.8) is 0 Å². The minimum atomic E-state index is -0.502. The zero-order valence-electron chi connectivity index (χ0n) is 10.7. The summed E-state index contributed by atoms with van der Waals surface area (Å²) >= 11 is 0. The number of hydrogen-bond donors (Lipinski definition) is 1. The Balaban J connectivity index is 2.42. The second kappa shape index (κ2) is 3.75. The third-order valence-corrected chi connectivity index (χ3v) is 3.15. The van der Waals surface area contributed by atoms with Gasteiger partial charge in [0.25, 0.3) is 0 Å². The van der Waals surface area contributed by atoms with Crippen LogP contribution in [-0.4, -0.2) is 24.5 Å². The summed E-state index contributed by atoms with van der Waals surface area (Å²) in [5.41, 5.74) is -0.912. The van der Waals surface area contributed by atoms with Crippen molar-refractivity contribution in [2.45, 2.75) is 46.6 Å². The third kappa shape index (κ3) is 2.74. The van der Waals surface area contributed by atoms with Gasteiger partial charge in [-0.25, -0.2) is 4.79 Å². The van der Waals surface area contributed by atoms with Gasteiger partial charge in [-0.3, -0.25) is 0 Å². The fourth-order valence-electron chi connectivity index (χ4n) is 1.83. The van der Waals surface area contributed by atoms with Gasteiger partial charge in [0.05, 0.1) is 0 Å². The van der Waals surface area contributed by atoms with E-state index in [1.54, 1.807) is 0 Å². The van der Waals surface area contributed by atoms with Crippen LogP contribution in [0, 0.1) is 10.8 Å². The Morgan fingerprint density at radius 3 is 2.25 bits per heavy atom. The van der Waals surface area contributed by atoms with Crippen LogP contribution in [0.15, 0.2) is 0 Å². The predicted octanol–water partition coefficient (Wildman–Crippen LogP) is 2.13. The summed E-state index contributed by atoms with van der Waals surface area (Å²) in [6.07, 6.45) is 1.31. The molecule has 0 aromatic rings. The molecule has 92 valence electrons. The summed E-state index contributed by atoms with van der Waals surface area (Å²) in [5.74, 6) is 0. The van der Waals surface area contributed by atoms with Gasteiger partial charge >= 0.3 is 6.09 Å².